The lowest BCUT2D eigenvalue weighted by molar-refractivity contribution is -0.123. The van der Waals surface area contributed by atoms with Crippen molar-refractivity contribution in [2.24, 2.45) is 0 Å². The highest BCUT2D eigenvalue weighted by Gasteiger charge is 2.09. The maximum Gasteiger partial charge on any atom is 0.276 e. The Morgan fingerprint density at radius 1 is 0.962 bits per heavy atom. The summed E-state index contributed by atoms with van der Waals surface area (Å²) in [5, 5.41) is 0. The Hall–Kier alpha value is -3.02. The largest absolute Gasteiger partial charge is 0.494 e. The van der Waals surface area contributed by atoms with Crippen molar-refractivity contribution in [3.05, 3.63) is 59.7 Å². The quantitative estimate of drug-likeness (QED) is 0.563. The molecule has 0 aliphatic rings. The van der Waals surface area contributed by atoms with Crippen molar-refractivity contribution >= 4 is 11.8 Å². The van der Waals surface area contributed by atoms with E-state index in [9.17, 15) is 9.59 Å². The fourth-order valence-corrected chi connectivity index (χ4v) is 2.15. The maximum absolute atomic E-state index is 12.1. The number of aryl methyl sites for hydroxylation is 1. The summed E-state index contributed by atoms with van der Waals surface area (Å²) in [5.41, 5.74) is 6.14. The molecule has 0 radical (unpaired) electrons. The third-order valence-electron chi connectivity index (χ3n) is 3.54. The van der Waals surface area contributed by atoms with Crippen LogP contribution in [0.15, 0.2) is 48.5 Å². The summed E-state index contributed by atoms with van der Waals surface area (Å²) < 4.78 is 10.9. The molecule has 0 spiro atoms. The molecule has 0 fully saturated rings. The van der Waals surface area contributed by atoms with E-state index in [4.69, 9.17) is 9.47 Å². The highest BCUT2D eigenvalue weighted by Crippen LogP contribution is 2.14. The van der Waals surface area contributed by atoms with Gasteiger partial charge >= 0.3 is 0 Å². The molecule has 0 atom stereocenters. The molecule has 2 aromatic carbocycles. The number of hydrogen-bond acceptors (Lipinski definition) is 4. The normalized spacial score (nSPS) is 10.1. The molecule has 0 heterocycles. The van der Waals surface area contributed by atoms with Crippen LogP contribution in [0.5, 0.6) is 11.5 Å². The van der Waals surface area contributed by atoms with Gasteiger partial charge in [-0.15, -0.1) is 0 Å². The Balaban J connectivity index is 1.78. The molecule has 26 heavy (non-hydrogen) atoms. The number of ether oxygens (including phenoxy) is 2. The number of rotatable bonds is 8. The highest BCUT2D eigenvalue weighted by molar-refractivity contribution is 5.95. The Labute approximate surface area is 153 Å². The third kappa shape index (κ3) is 6.47. The molecule has 0 aliphatic heterocycles. The van der Waals surface area contributed by atoms with E-state index in [1.165, 1.54) is 0 Å². The molecule has 0 saturated heterocycles. The van der Waals surface area contributed by atoms with Crippen LogP contribution in [0.2, 0.25) is 0 Å². The van der Waals surface area contributed by atoms with Gasteiger partial charge in [0.15, 0.2) is 6.61 Å². The molecule has 0 aromatic heterocycles. The summed E-state index contributed by atoms with van der Waals surface area (Å²) in [6.07, 6.45) is 1.99. The SMILES string of the molecule is CCCCOc1cccc(C(=O)NNC(=O)COc2cccc(C)c2)c1. The van der Waals surface area contributed by atoms with Crippen LogP contribution in [0.3, 0.4) is 0 Å². The Kier molecular flexibility index (Phi) is 7.49. The maximum atomic E-state index is 12.1. The lowest BCUT2D eigenvalue weighted by atomic mass is 10.2. The summed E-state index contributed by atoms with van der Waals surface area (Å²) in [6, 6.07) is 14.2. The molecule has 2 aromatic rings. The number of amides is 2. The summed E-state index contributed by atoms with van der Waals surface area (Å²) in [5.74, 6) is 0.355. The Morgan fingerprint density at radius 3 is 2.42 bits per heavy atom. The molecule has 6 nitrogen and oxygen atoms in total. The first-order valence-corrected chi connectivity index (χ1v) is 8.60. The number of carbonyl (C=O) groups is 2. The fraction of sp³-hybridized carbons (Fsp3) is 0.300. The number of hydrogen-bond donors (Lipinski definition) is 2. The number of benzene rings is 2. The fourth-order valence-electron chi connectivity index (χ4n) is 2.15. The second-order valence-corrected chi connectivity index (χ2v) is 5.84. The number of nitrogens with one attached hydrogen (secondary N) is 2. The molecule has 0 saturated carbocycles. The van der Waals surface area contributed by atoms with Gasteiger partial charge in [0.25, 0.3) is 11.8 Å². The average Bonchev–Trinajstić information content (AvgIpc) is 2.65. The first-order valence-electron chi connectivity index (χ1n) is 8.60. The van der Waals surface area contributed by atoms with E-state index in [2.05, 4.69) is 17.8 Å². The van der Waals surface area contributed by atoms with E-state index in [1.807, 2.05) is 25.1 Å². The van der Waals surface area contributed by atoms with Gasteiger partial charge in [-0.2, -0.15) is 0 Å². The minimum Gasteiger partial charge on any atom is -0.494 e. The molecule has 0 aliphatic carbocycles. The van der Waals surface area contributed by atoms with Crippen molar-refractivity contribution in [3.8, 4) is 11.5 Å². The topological polar surface area (TPSA) is 76.7 Å². The molecule has 2 N–H and O–H groups in total. The lowest BCUT2D eigenvalue weighted by Crippen LogP contribution is -2.43. The second-order valence-electron chi connectivity index (χ2n) is 5.84. The third-order valence-corrected chi connectivity index (χ3v) is 3.54. The second kappa shape index (κ2) is 10.1. The molecule has 0 unspecified atom stereocenters. The summed E-state index contributed by atoms with van der Waals surface area (Å²) in [4.78, 5) is 23.9. The lowest BCUT2D eigenvalue weighted by Gasteiger charge is -2.10. The van der Waals surface area contributed by atoms with E-state index in [-0.39, 0.29) is 6.61 Å². The number of hydrazine groups is 1. The van der Waals surface area contributed by atoms with Gasteiger partial charge in [0.1, 0.15) is 11.5 Å². The molecule has 2 rings (SSSR count). The van der Waals surface area contributed by atoms with Crippen molar-refractivity contribution in [3.63, 3.8) is 0 Å². The van der Waals surface area contributed by atoms with Gasteiger partial charge in [0.05, 0.1) is 6.61 Å². The standard InChI is InChI=1S/C20H24N2O4/c1-3-4-11-25-18-10-6-8-16(13-18)20(24)22-21-19(23)14-26-17-9-5-7-15(2)12-17/h5-10,12-13H,3-4,11,14H2,1-2H3,(H,21,23)(H,22,24). The molecule has 2 amide bonds. The van der Waals surface area contributed by atoms with Crippen LogP contribution < -0.4 is 20.3 Å². The van der Waals surface area contributed by atoms with E-state index in [1.54, 1.807) is 30.3 Å². The Morgan fingerprint density at radius 2 is 1.69 bits per heavy atom. The monoisotopic (exact) mass is 356 g/mol. The van der Waals surface area contributed by atoms with Crippen LogP contribution in [0.1, 0.15) is 35.7 Å². The van der Waals surface area contributed by atoms with Crippen LogP contribution in [0.4, 0.5) is 0 Å². The van der Waals surface area contributed by atoms with E-state index in [0.29, 0.717) is 23.7 Å². The minimum atomic E-state index is -0.449. The molecule has 0 bridgehead atoms. The van der Waals surface area contributed by atoms with Crippen LogP contribution in [0.25, 0.3) is 0 Å². The van der Waals surface area contributed by atoms with Gasteiger partial charge in [-0.3, -0.25) is 20.4 Å². The van der Waals surface area contributed by atoms with E-state index < -0.39 is 11.8 Å². The zero-order valence-electron chi connectivity index (χ0n) is 15.1. The zero-order valence-corrected chi connectivity index (χ0v) is 15.1. The van der Waals surface area contributed by atoms with Crippen molar-refractivity contribution in [1.82, 2.24) is 10.9 Å². The van der Waals surface area contributed by atoms with Crippen LogP contribution in [-0.2, 0) is 4.79 Å². The smallest absolute Gasteiger partial charge is 0.276 e. The van der Waals surface area contributed by atoms with E-state index >= 15 is 0 Å². The molecule has 6 heteroatoms. The molecular formula is C20H24N2O4. The van der Waals surface area contributed by atoms with E-state index in [0.717, 1.165) is 18.4 Å². The van der Waals surface area contributed by atoms with Gasteiger partial charge < -0.3 is 9.47 Å². The van der Waals surface area contributed by atoms with Crippen LogP contribution >= 0.6 is 0 Å². The predicted octanol–water partition coefficient (Wildman–Crippen LogP) is 3.01. The zero-order chi connectivity index (χ0) is 18.8. The highest BCUT2D eigenvalue weighted by atomic mass is 16.5. The number of unbranched alkanes of at least 4 members (excludes halogenated alkanes) is 1. The summed E-state index contributed by atoms with van der Waals surface area (Å²) in [7, 11) is 0. The molecule has 138 valence electrons. The summed E-state index contributed by atoms with van der Waals surface area (Å²) >= 11 is 0. The first-order chi connectivity index (χ1) is 12.6. The summed E-state index contributed by atoms with van der Waals surface area (Å²) in [6.45, 7) is 4.43. The van der Waals surface area contributed by atoms with Crippen LogP contribution in [0, 0.1) is 6.92 Å². The van der Waals surface area contributed by atoms with Gasteiger partial charge in [0.2, 0.25) is 0 Å². The number of carbonyl (C=O) groups excluding carboxylic acids is 2. The predicted molar refractivity (Wildman–Crippen MR) is 99.1 cm³/mol. The van der Waals surface area contributed by atoms with Gasteiger partial charge in [0, 0.05) is 5.56 Å². The Bertz CT molecular complexity index is 746. The van der Waals surface area contributed by atoms with Gasteiger partial charge in [-0.1, -0.05) is 31.5 Å². The van der Waals surface area contributed by atoms with Crippen molar-refractivity contribution in [1.29, 1.82) is 0 Å². The van der Waals surface area contributed by atoms with Crippen molar-refractivity contribution in [2.45, 2.75) is 26.7 Å². The van der Waals surface area contributed by atoms with Crippen molar-refractivity contribution < 1.29 is 19.1 Å². The van der Waals surface area contributed by atoms with Crippen LogP contribution in [-0.4, -0.2) is 25.0 Å². The van der Waals surface area contributed by atoms with Gasteiger partial charge in [-0.05, 0) is 49.2 Å². The van der Waals surface area contributed by atoms with Gasteiger partial charge in [-0.25, -0.2) is 0 Å². The minimum absolute atomic E-state index is 0.191. The average molecular weight is 356 g/mol. The first kappa shape index (κ1) is 19.3. The van der Waals surface area contributed by atoms with Crippen molar-refractivity contribution in [2.75, 3.05) is 13.2 Å². The molecular weight excluding hydrogens is 332 g/mol.